The average molecular weight is 258 g/mol. The van der Waals surface area contributed by atoms with Gasteiger partial charge in [-0.05, 0) is 39.6 Å². The monoisotopic (exact) mass is 257 g/mol. The van der Waals surface area contributed by atoms with E-state index in [1.807, 2.05) is 13.8 Å². The molecule has 0 saturated heterocycles. The van der Waals surface area contributed by atoms with Crippen LogP contribution in [0.4, 0.5) is 0 Å². The highest BCUT2D eigenvalue weighted by atomic mass is 35.5. The molecule has 0 fully saturated rings. The van der Waals surface area contributed by atoms with Gasteiger partial charge in [0.05, 0.1) is 0 Å². The minimum Gasteiger partial charge on any atom is -0.352 e. The van der Waals surface area contributed by atoms with E-state index in [0.29, 0.717) is 13.2 Å². The summed E-state index contributed by atoms with van der Waals surface area (Å²) in [6.07, 6.45) is 1.01. The summed E-state index contributed by atoms with van der Waals surface area (Å²) in [4.78, 5) is 2.21. The lowest BCUT2D eigenvalue weighted by Crippen LogP contribution is -2.33. The number of thiol groups is 1. The number of halogens is 1. The molecule has 0 unspecified atom stereocenters. The standard InChI is InChI=1S/C10H23NO2S.ClH/c1-4-12-10(13-5-2)9-11(3)7-6-8-14;/h10,14H,4-9H2,1-3H3;1H. The summed E-state index contributed by atoms with van der Waals surface area (Å²) in [5, 5.41) is 0. The number of nitrogens with zero attached hydrogens (tertiary/aromatic N) is 1. The van der Waals surface area contributed by atoms with Crippen molar-refractivity contribution in [3.05, 3.63) is 0 Å². The third-order valence-electron chi connectivity index (χ3n) is 1.86. The number of likely N-dealkylation sites (N-methyl/N-ethyl adjacent to an activating group) is 1. The van der Waals surface area contributed by atoms with Gasteiger partial charge in [0.15, 0.2) is 6.29 Å². The lowest BCUT2D eigenvalue weighted by molar-refractivity contribution is -0.145. The minimum atomic E-state index is -0.0880. The van der Waals surface area contributed by atoms with Crippen LogP contribution in [-0.4, -0.2) is 50.3 Å². The minimum absolute atomic E-state index is 0. The van der Waals surface area contributed by atoms with E-state index in [1.165, 1.54) is 0 Å². The largest absolute Gasteiger partial charge is 0.352 e. The van der Waals surface area contributed by atoms with E-state index in [9.17, 15) is 0 Å². The van der Waals surface area contributed by atoms with Gasteiger partial charge in [-0.25, -0.2) is 0 Å². The summed E-state index contributed by atoms with van der Waals surface area (Å²) < 4.78 is 10.9. The quantitative estimate of drug-likeness (QED) is 0.505. The molecular formula is C10H24ClNO2S. The fourth-order valence-corrected chi connectivity index (χ4v) is 1.35. The predicted octanol–water partition coefficient (Wildman–Crippen LogP) is 2.06. The summed E-state index contributed by atoms with van der Waals surface area (Å²) >= 11 is 4.18. The highest BCUT2D eigenvalue weighted by Gasteiger charge is 2.10. The fraction of sp³-hybridized carbons (Fsp3) is 1.00. The third kappa shape index (κ3) is 10.8. The van der Waals surface area contributed by atoms with Crippen molar-refractivity contribution in [2.24, 2.45) is 0 Å². The molecule has 0 saturated carbocycles. The highest BCUT2D eigenvalue weighted by molar-refractivity contribution is 7.80. The van der Waals surface area contributed by atoms with Gasteiger partial charge in [-0.1, -0.05) is 0 Å². The van der Waals surface area contributed by atoms with Crippen LogP contribution in [0.5, 0.6) is 0 Å². The van der Waals surface area contributed by atoms with Gasteiger partial charge in [0.25, 0.3) is 0 Å². The number of ether oxygens (including phenoxy) is 2. The Hall–Kier alpha value is 0.520. The zero-order valence-corrected chi connectivity index (χ0v) is 11.7. The molecule has 0 atom stereocenters. The Bertz CT molecular complexity index is 124. The molecular weight excluding hydrogens is 234 g/mol. The van der Waals surface area contributed by atoms with Crippen molar-refractivity contribution < 1.29 is 9.47 Å². The summed E-state index contributed by atoms with van der Waals surface area (Å²) in [6.45, 7) is 7.24. The van der Waals surface area contributed by atoms with Gasteiger partial charge < -0.3 is 14.4 Å². The van der Waals surface area contributed by atoms with Crippen LogP contribution in [0.2, 0.25) is 0 Å². The smallest absolute Gasteiger partial charge is 0.170 e. The van der Waals surface area contributed by atoms with Crippen LogP contribution in [0, 0.1) is 0 Å². The predicted molar refractivity (Wildman–Crippen MR) is 70.3 cm³/mol. The Balaban J connectivity index is 0. The van der Waals surface area contributed by atoms with E-state index in [1.54, 1.807) is 0 Å². The molecule has 0 N–H and O–H groups in total. The topological polar surface area (TPSA) is 21.7 Å². The molecule has 0 radical (unpaired) electrons. The van der Waals surface area contributed by atoms with Gasteiger partial charge in [0.1, 0.15) is 0 Å². The molecule has 0 aromatic carbocycles. The van der Waals surface area contributed by atoms with E-state index >= 15 is 0 Å². The molecule has 3 nitrogen and oxygen atoms in total. The second kappa shape index (κ2) is 12.6. The molecule has 94 valence electrons. The van der Waals surface area contributed by atoms with E-state index in [2.05, 4.69) is 24.6 Å². The molecule has 0 aliphatic rings. The second-order valence-corrected chi connectivity index (χ2v) is 3.63. The zero-order chi connectivity index (χ0) is 10.8. The van der Waals surface area contributed by atoms with Crippen molar-refractivity contribution >= 4 is 25.0 Å². The van der Waals surface area contributed by atoms with Crippen LogP contribution in [0.25, 0.3) is 0 Å². The Morgan fingerprint density at radius 1 is 1.20 bits per heavy atom. The maximum atomic E-state index is 5.45. The van der Waals surface area contributed by atoms with Gasteiger partial charge >= 0.3 is 0 Å². The summed E-state index contributed by atoms with van der Waals surface area (Å²) in [5.41, 5.74) is 0. The molecule has 0 aliphatic heterocycles. The van der Waals surface area contributed by atoms with Crippen LogP contribution in [0.15, 0.2) is 0 Å². The first-order valence-electron chi connectivity index (χ1n) is 5.27. The normalized spacial score (nSPS) is 10.8. The molecule has 0 aromatic heterocycles. The van der Waals surface area contributed by atoms with Gasteiger partial charge in [0, 0.05) is 19.8 Å². The highest BCUT2D eigenvalue weighted by Crippen LogP contribution is 1.99. The molecule has 0 aliphatic carbocycles. The van der Waals surface area contributed by atoms with Crippen molar-refractivity contribution in [1.29, 1.82) is 0 Å². The molecule has 0 rings (SSSR count). The van der Waals surface area contributed by atoms with Crippen LogP contribution in [-0.2, 0) is 9.47 Å². The molecule has 0 aromatic rings. The second-order valence-electron chi connectivity index (χ2n) is 3.18. The molecule has 5 heteroatoms. The maximum Gasteiger partial charge on any atom is 0.170 e. The van der Waals surface area contributed by atoms with Crippen molar-refractivity contribution in [1.82, 2.24) is 4.90 Å². The Morgan fingerprint density at radius 3 is 2.13 bits per heavy atom. The van der Waals surface area contributed by atoms with E-state index in [4.69, 9.17) is 9.47 Å². The van der Waals surface area contributed by atoms with E-state index in [0.717, 1.165) is 25.3 Å². The first kappa shape index (κ1) is 17.9. The Labute approximate surface area is 105 Å². The first-order chi connectivity index (χ1) is 6.74. The Morgan fingerprint density at radius 2 is 1.73 bits per heavy atom. The lowest BCUT2D eigenvalue weighted by Gasteiger charge is -2.23. The Kier molecular flexibility index (Phi) is 15.0. The van der Waals surface area contributed by atoms with Crippen LogP contribution < -0.4 is 0 Å². The molecule has 0 bridgehead atoms. The van der Waals surface area contributed by atoms with Crippen molar-refractivity contribution in [2.45, 2.75) is 26.6 Å². The molecule has 0 heterocycles. The van der Waals surface area contributed by atoms with Gasteiger partial charge in [-0.15, -0.1) is 12.4 Å². The van der Waals surface area contributed by atoms with Crippen LogP contribution in [0.1, 0.15) is 20.3 Å². The fourth-order valence-electron chi connectivity index (χ4n) is 1.21. The van der Waals surface area contributed by atoms with Crippen molar-refractivity contribution in [3.8, 4) is 0 Å². The lowest BCUT2D eigenvalue weighted by atomic mass is 10.4. The van der Waals surface area contributed by atoms with E-state index in [-0.39, 0.29) is 18.7 Å². The zero-order valence-electron chi connectivity index (χ0n) is 9.94. The number of rotatable bonds is 9. The first-order valence-corrected chi connectivity index (χ1v) is 5.90. The van der Waals surface area contributed by atoms with E-state index < -0.39 is 0 Å². The third-order valence-corrected chi connectivity index (χ3v) is 2.18. The van der Waals surface area contributed by atoms with Gasteiger partial charge in [-0.3, -0.25) is 0 Å². The summed E-state index contributed by atoms with van der Waals surface area (Å²) in [5.74, 6) is 0.929. The summed E-state index contributed by atoms with van der Waals surface area (Å²) in [6, 6.07) is 0. The molecule has 15 heavy (non-hydrogen) atoms. The molecule has 0 spiro atoms. The average Bonchev–Trinajstić information content (AvgIpc) is 2.15. The van der Waals surface area contributed by atoms with Gasteiger partial charge in [0.2, 0.25) is 0 Å². The van der Waals surface area contributed by atoms with Crippen molar-refractivity contribution in [3.63, 3.8) is 0 Å². The SMILES string of the molecule is CCOC(CN(C)CCCS)OCC.Cl. The number of hydrogen-bond acceptors (Lipinski definition) is 4. The van der Waals surface area contributed by atoms with Crippen LogP contribution in [0.3, 0.4) is 0 Å². The summed E-state index contributed by atoms with van der Waals surface area (Å²) in [7, 11) is 2.08. The van der Waals surface area contributed by atoms with Gasteiger partial charge in [-0.2, -0.15) is 12.6 Å². The maximum absolute atomic E-state index is 5.45. The van der Waals surface area contributed by atoms with Crippen molar-refractivity contribution in [2.75, 3.05) is 39.1 Å². The van der Waals surface area contributed by atoms with Crippen LogP contribution >= 0.6 is 25.0 Å². The number of hydrogen-bond donors (Lipinski definition) is 1. The molecule has 0 amide bonds.